The Morgan fingerprint density at radius 3 is 2.83 bits per heavy atom. The zero-order chi connectivity index (χ0) is 19.8. The van der Waals surface area contributed by atoms with Crippen LogP contribution in [-0.4, -0.2) is 32.2 Å². The van der Waals surface area contributed by atoms with E-state index in [4.69, 9.17) is 25.6 Å². The van der Waals surface area contributed by atoms with Crippen molar-refractivity contribution in [1.29, 1.82) is 0 Å². The maximum Gasteiger partial charge on any atom is 0.280 e. The van der Waals surface area contributed by atoms with Crippen LogP contribution in [0.5, 0.6) is 5.75 Å². The fourth-order valence-corrected chi connectivity index (χ4v) is 3.45. The molecule has 0 fully saturated rings. The van der Waals surface area contributed by atoms with Crippen LogP contribution in [0.3, 0.4) is 0 Å². The fourth-order valence-electron chi connectivity index (χ4n) is 3.26. The van der Waals surface area contributed by atoms with Gasteiger partial charge in [-0.25, -0.2) is 4.68 Å². The molecule has 4 aromatic rings. The van der Waals surface area contributed by atoms with Crippen LogP contribution in [0.2, 0.25) is 5.02 Å². The van der Waals surface area contributed by atoms with Crippen molar-refractivity contribution in [3.63, 3.8) is 0 Å². The summed E-state index contributed by atoms with van der Waals surface area (Å²) in [6, 6.07) is 15.1. The summed E-state index contributed by atoms with van der Waals surface area (Å²) < 4.78 is 18.5. The van der Waals surface area contributed by atoms with Crippen molar-refractivity contribution in [3.8, 4) is 28.7 Å². The molecule has 3 heterocycles. The van der Waals surface area contributed by atoms with Crippen molar-refractivity contribution >= 4 is 11.6 Å². The van der Waals surface area contributed by atoms with Crippen LogP contribution in [0.15, 0.2) is 53.1 Å². The van der Waals surface area contributed by atoms with Gasteiger partial charge in [0, 0.05) is 10.6 Å². The minimum atomic E-state index is -0.118. The SMILES string of the molecule is COc1ccc([C@@H]2Cn3nnc(-c4nc(-c5cccc(Cl)c5)no4)c3CO2)cc1. The Bertz CT molecular complexity index is 1160. The van der Waals surface area contributed by atoms with E-state index in [1.165, 1.54) is 0 Å². The van der Waals surface area contributed by atoms with Crippen LogP contribution in [0.1, 0.15) is 17.4 Å². The molecule has 9 heteroatoms. The molecule has 5 rings (SSSR count). The van der Waals surface area contributed by atoms with Gasteiger partial charge < -0.3 is 14.0 Å². The van der Waals surface area contributed by atoms with Crippen molar-refractivity contribution in [2.24, 2.45) is 0 Å². The van der Waals surface area contributed by atoms with Gasteiger partial charge >= 0.3 is 0 Å². The third-order valence-corrected chi connectivity index (χ3v) is 5.03. The number of ether oxygens (including phenoxy) is 2. The van der Waals surface area contributed by atoms with Crippen molar-refractivity contribution < 1.29 is 14.0 Å². The van der Waals surface area contributed by atoms with E-state index in [0.29, 0.717) is 35.6 Å². The van der Waals surface area contributed by atoms with Crippen LogP contribution in [0.4, 0.5) is 0 Å². The molecule has 1 aliphatic rings. The van der Waals surface area contributed by atoms with Crippen LogP contribution >= 0.6 is 11.6 Å². The summed E-state index contributed by atoms with van der Waals surface area (Å²) in [7, 11) is 1.64. The van der Waals surface area contributed by atoms with Gasteiger partial charge in [0.15, 0.2) is 5.69 Å². The molecule has 29 heavy (non-hydrogen) atoms. The molecule has 146 valence electrons. The number of hydrogen-bond acceptors (Lipinski definition) is 7. The fraction of sp³-hybridized carbons (Fsp3) is 0.200. The third kappa shape index (κ3) is 3.37. The molecular formula is C20H16ClN5O3. The second-order valence-electron chi connectivity index (χ2n) is 6.57. The largest absolute Gasteiger partial charge is 0.497 e. The maximum atomic E-state index is 6.04. The molecule has 0 aliphatic carbocycles. The van der Waals surface area contributed by atoms with Gasteiger partial charge in [-0.3, -0.25) is 0 Å². The molecule has 0 unspecified atom stereocenters. The van der Waals surface area contributed by atoms with Crippen molar-refractivity contribution in [2.45, 2.75) is 19.3 Å². The third-order valence-electron chi connectivity index (χ3n) is 4.80. The van der Waals surface area contributed by atoms with Crippen LogP contribution in [-0.2, 0) is 17.9 Å². The van der Waals surface area contributed by atoms with E-state index in [1.807, 2.05) is 41.1 Å². The number of rotatable bonds is 4. The predicted molar refractivity (Wildman–Crippen MR) is 104 cm³/mol. The summed E-state index contributed by atoms with van der Waals surface area (Å²) in [4.78, 5) is 4.45. The lowest BCUT2D eigenvalue weighted by atomic mass is 10.1. The molecule has 8 nitrogen and oxygen atoms in total. The number of halogens is 1. The summed E-state index contributed by atoms with van der Waals surface area (Å²) in [5.41, 5.74) is 3.15. The monoisotopic (exact) mass is 409 g/mol. The highest BCUT2D eigenvalue weighted by atomic mass is 35.5. The topological polar surface area (TPSA) is 88.1 Å². The summed E-state index contributed by atoms with van der Waals surface area (Å²) in [5, 5.41) is 13.1. The first kappa shape index (κ1) is 17.8. The molecule has 2 aromatic heterocycles. The Hall–Kier alpha value is -3.23. The van der Waals surface area contributed by atoms with Gasteiger partial charge in [-0.1, -0.05) is 46.2 Å². The predicted octanol–water partition coefficient (Wildman–Crippen LogP) is 3.93. The van der Waals surface area contributed by atoms with Gasteiger partial charge in [0.25, 0.3) is 5.89 Å². The van der Waals surface area contributed by atoms with Gasteiger partial charge in [0.05, 0.1) is 26.0 Å². The van der Waals surface area contributed by atoms with Crippen LogP contribution in [0.25, 0.3) is 23.0 Å². The lowest BCUT2D eigenvalue weighted by molar-refractivity contribution is -0.00119. The zero-order valence-corrected chi connectivity index (χ0v) is 16.2. The average molecular weight is 410 g/mol. The molecular weight excluding hydrogens is 394 g/mol. The highest BCUT2D eigenvalue weighted by Crippen LogP contribution is 2.31. The van der Waals surface area contributed by atoms with Crippen molar-refractivity contribution in [2.75, 3.05) is 7.11 Å². The first-order valence-electron chi connectivity index (χ1n) is 8.99. The Morgan fingerprint density at radius 1 is 1.17 bits per heavy atom. The van der Waals surface area contributed by atoms with Gasteiger partial charge in [-0.05, 0) is 29.8 Å². The average Bonchev–Trinajstić information content (AvgIpc) is 3.40. The minimum Gasteiger partial charge on any atom is -0.497 e. The smallest absolute Gasteiger partial charge is 0.280 e. The van der Waals surface area contributed by atoms with Gasteiger partial charge in [0.1, 0.15) is 11.9 Å². The second-order valence-corrected chi connectivity index (χ2v) is 7.01. The molecule has 0 spiro atoms. The summed E-state index contributed by atoms with van der Waals surface area (Å²) in [5.74, 6) is 1.55. The standard InChI is InChI=1S/C20H16ClN5O3/c1-27-15-7-5-12(6-8-15)17-10-26-16(11-28-17)18(23-25-26)20-22-19(24-29-20)13-3-2-4-14(21)9-13/h2-9,17H,10-11H2,1H3/t17-/m0/s1. The quantitative estimate of drug-likeness (QED) is 0.504. The summed E-state index contributed by atoms with van der Waals surface area (Å²) in [6.07, 6.45) is -0.118. The Kier molecular flexibility index (Phi) is 4.49. The van der Waals surface area contributed by atoms with E-state index >= 15 is 0 Å². The lowest BCUT2D eigenvalue weighted by Gasteiger charge is -2.24. The van der Waals surface area contributed by atoms with E-state index < -0.39 is 0 Å². The number of hydrogen-bond donors (Lipinski definition) is 0. The number of nitrogens with zero attached hydrogens (tertiary/aromatic N) is 5. The van der Waals surface area contributed by atoms with E-state index in [0.717, 1.165) is 22.6 Å². The first-order valence-corrected chi connectivity index (χ1v) is 9.37. The van der Waals surface area contributed by atoms with E-state index in [-0.39, 0.29) is 6.10 Å². The lowest BCUT2D eigenvalue weighted by Crippen LogP contribution is -2.22. The minimum absolute atomic E-state index is 0.118. The Labute approximate surface area is 171 Å². The van der Waals surface area contributed by atoms with Gasteiger partial charge in [-0.2, -0.15) is 4.98 Å². The zero-order valence-electron chi connectivity index (χ0n) is 15.4. The maximum absolute atomic E-state index is 6.04. The summed E-state index contributed by atoms with van der Waals surface area (Å²) in [6.45, 7) is 0.887. The van der Waals surface area contributed by atoms with Gasteiger partial charge in [-0.15, -0.1) is 5.10 Å². The van der Waals surface area contributed by atoms with Crippen molar-refractivity contribution in [3.05, 3.63) is 64.8 Å². The molecule has 0 radical (unpaired) electrons. The normalized spacial score (nSPS) is 15.9. The molecule has 2 aromatic carbocycles. The van der Waals surface area contributed by atoms with Crippen molar-refractivity contribution in [1.82, 2.24) is 25.1 Å². The molecule has 0 bridgehead atoms. The van der Waals surface area contributed by atoms with Crippen LogP contribution in [0, 0.1) is 0 Å². The molecule has 0 amide bonds. The molecule has 0 saturated heterocycles. The molecule has 1 atom stereocenters. The van der Waals surface area contributed by atoms with Crippen LogP contribution < -0.4 is 4.74 Å². The van der Waals surface area contributed by atoms with Gasteiger partial charge in [0.2, 0.25) is 5.82 Å². The first-order chi connectivity index (χ1) is 14.2. The number of methoxy groups -OCH3 is 1. The molecule has 1 aliphatic heterocycles. The highest BCUT2D eigenvalue weighted by Gasteiger charge is 2.28. The highest BCUT2D eigenvalue weighted by molar-refractivity contribution is 6.30. The summed E-state index contributed by atoms with van der Waals surface area (Å²) >= 11 is 6.04. The Morgan fingerprint density at radius 2 is 2.03 bits per heavy atom. The number of benzene rings is 2. The van der Waals surface area contributed by atoms with E-state index in [2.05, 4.69) is 20.5 Å². The second kappa shape index (κ2) is 7.31. The molecule has 0 saturated carbocycles. The van der Waals surface area contributed by atoms with E-state index in [1.54, 1.807) is 19.2 Å². The number of fused-ring (bicyclic) bond motifs is 1. The molecule has 0 N–H and O–H groups in total. The Balaban J connectivity index is 1.39. The number of aromatic nitrogens is 5. The van der Waals surface area contributed by atoms with E-state index in [9.17, 15) is 0 Å².